The zero-order valence-corrected chi connectivity index (χ0v) is 12.6. The first-order chi connectivity index (χ1) is 10.6. The van der Waals surface area contributed by atoms with E-state index in [-0.39, 0.29) is 11.7 Å². The maximum absolute atomic E-state index is 12.0. The maximum Gasteiger partial charge on any atom is 0.234 e. The van der Waals surface area contributed by atoms with Gasteiger partial charge in [0.15, 0.2) is 16.6 Å². The van der Waals surface area contributed by atoms with E-state index in [0.717, 1.165) is 11.3 Å². The molecule has 7 nitrogen and oxygen atoms in total. The zero-order valence-electron chi connectivity index (χ0n) is 11.8. The van der Waals surface area contributed by atoms with Crippen molar-refractivity contribution in [2.45, 2.75) is 12.1 Å². The molecule has 0 aliphatic rings. The van der Waals surface area contributed by atoms with E-state index >= 15 is 0 Å². The average Bonchev–Trinajstić information content (AvgIpc) is 2.90. The molecule has 0 unspecified atom stereocenters. The first-order valence-electron chi connectivity index (χ1n) is 6.57. The average molecular weight is 314 g/mol. The number of nitrogens with two attached hydrogens (primary N) is 1. The number of benzene rings is 1. The number of anilines is 2. The van der Waals surface area contributed by atoms with Gasteiger partial charge in [-0.2, -0.15) is 0 Å². The number of hydrogen-bond acceptors (Lipinski definition) is 6. The Balaban J connectivity index is 1.63. The molecule has 0 radical (unpaired) electrons. The van der Waals surface area contributed by atoms with Crippen LogP contribution in [0.25, 0.3) is 11.2 Å². The number of nitrogen functional groups attached to an aromatic ring is 1. The number of carbonyl (C=O) groups is 1. The molecule has 2 heterocycles. The summed E-state index contributed by atoms with van der Waals surface area (Å²) in [5.74, 6) is 0.477. The number of imidazole rings is 1. The highest BCUT2D eigenvalue weighted by Crippen LogP contribution is 2.20. The molecule has 0 spiro atoms. The summed E-state index contributed by atoms with van der Waals surface area (Å²) >= 11 is 1.28. The van der Waals surface area contributed by atoms with Crippen molar-refractivity contribution < 1.29 is 4.79 Å². The van der Waals surface area contributed by atoms with Crippen molar-refractivity contribution in [1.29, 1.82) is 0 Å². The number of thioether (sulfide) groups is 1. The number of aromatic nitrogens is 4. The summed E-state index contributed by atoms with van der Waals surface area (Å²) in [5, 5.41) is 3.43. The SMILES string of the molecule is Cc1cccc(NC(=O)CSc2nc3ncnc(N)c3[nH]2)c1. The molecule has 0 aliphatic carbocycles. The fourth-order valence-electron chi connectivity index (χ4n) is 1.95. The lowest BCUT2D eigenvalue weighted by Crippen LogP contribution is -2.14. The molecule has 1 aromatic carbocycles. The molecule has 2 aromatic heterocycles. The summed E-state index contributed by atoms with van der Waals surface area (Å²) in [6.45, 7) is 1.98. The van der Waals surface area contributed by atoms with Crippen LogP contribution < -0.4 is 11.1 Å². The van der Waals surface area contributed by atoms with Crippen molar-refractivity contribution in [3.05, 3.63) is 36.2 Å². The van der Waals surface area contributed by atoms with E-state index < -0.39 is 0 Å². The summed E-state index contributed by atoms with van der Waals surface area (Å²) in [4.78, 5) is 27.1. The second kappa shape index (κ2) is 6.02. The lowest BCUT2D eigenvalue weighted by molar-refractivity contribution is -0.113. The van der Waals surface area contributed by atoms with Crippen LogP contribution in [0.2, 0.25) is 0 Å². The summed E-state index contributed by atoms with van der Waals surface area (Å²) < 4.78 is 0. The Morgan fingerprint density at radius 2 is 2.27 bits per heavy atom. The minimum Gasteiger partial charge on any atom is -0.382 e. The van der Waals surface area contributed by atoms with Crippen LogP contribution in [-0.2, 0) is 4.79 Å². The van der Waals surface area contributed by atoms with Gasteiger partial charge in [0, 0.05) is 5.69 Å². The molecule has 0 atom stereocenters. The van der Waals surface area contributed by atoms with E-state index in [4.69, 9.17) is 5.73 Å². The Kier molecular flexibility index (Phi) is 3.92. The summed E-state index contributed by atoms with van der Waals surface area (Å²) in [7, 11) is 0. The minimum atomic E-state index is -0.102. The van der Waals surface area contributed by atoms with Crippen LogP contribution >= 0.6 is 11.8 Å². The third kappa shape index (κ3) is 3.17. The minimum absolute atomic E-state index is 0.102. The van der Waals surface area contributed by atoms with Gasteiger partial charge in [0.1, 0.15) is 11.8 Å². The first kappa shape index (κ1) is 14.3. The van der Waals surface area contributed by atoms with E-state index in [9.17, 15) is 4.79 Å². The molecule has 4 N–H and O–H groups in total. The number of fused-ring (bicyclic) bond motifs is 1. The van der Waals surface area contributed by atoms with Crippen molar-refractivity contribution in [3.63, 3.8) is 0 Å². The van der Waals surface area contributed by atoms with Crippen LogP contribution in [0.1, 0.15) is 5.56 Å². The fraction of sp³-hybridized carbons (Fsp3) is 0.143. The van der Waals surface area contributed by atoms with Gasteiger partial charge < -0.3 is 16.0 Å². The molecule has 3 aromatic rings. The van der Waals surface area contributed by atoms with E-state index in [2.05, 4.69) is 25.3 Å². The van der Waals surface area contributed by atoms with Gasteiger partial charge in [0.25, 0.3) is 0 Å². The van der Waals surface area contributed by atoms with Crippen molar-refractivity contribution in [2.75, 3.05) is 16.8 Å². The van der Waals surface area contributed by atoms with Gasteiger partial charge >= 0.3 is 0 Å². The number of carbonyl (C=O) groups excluding carboxylic acids is 1. The van der Waals surface area contributed by atoms with Gasteiger partial charge in [-0.05, 0) is 24.6 Å². The van der Waals surface area contributed by atoms with Gasteiger partial charge in [-0.3, -0.25) is 4.79 Å². The normalized spacial score (nSPS) is 10.8. The smallest absolute Gasteiger partial charge is 0.234 e. The predicted molar refractivity (Wildman–Crippen MR) is 86.6 cm³/mol. The summed E-state index contributed by atoms with van der Waals surface area (Å²) in [6.07, 6.45) is 1.36. The van der Waals surface area contributed by atoms with Gasteiger partial charge in [0.05, 0.1) is 5.75 Å². The van der Waals surface area contributed by atoms with E-state index in [0.29, 0.717) is 22.1 Å². The Hall–Kier alpha value is -2.61. The predicted octanol–water partition coefficient (Wildman–Crippen LogP) is 1.97. The van der Waals surface area contributed by atoms with E-state index in [1.54, 1.807) is 0 Å². The molecule has 8 heteroatoms. The number of H-pyrrole nitrogens is 1. The van der Waals surface area contributed by atoms with Crippen LogP contribution in [0.4, 0.5) is 11.5 Å². The molecule has 0 saturated heterocycles. The Labute approximate surface area is 130 Å². The highest BCUT2D eigenvalue weighted by Gasteiger charge is 2.10. The number of nitrogens with zero attached hydrogens (tertiary/aromatic N) is 3. The van der Waals surface area contributed by atoms with Gasteiger partial charge in [-0.25, -0.2) is 15.0 Å². The molecule has 0 fully saturated rings. The molecular formula is C14H14N6OS. The van der Waals surface area contributed by atoms with Crippen LogP contribution in [0.15, 0.2) is 35.7 Å². The van der Waals surface area contributed by atoms with Crippen LogP contribution in [0, 0.1) is 6.92 Å². The number of rotatable bonds is 4. The number of aryl methyl sites for hydroxylation is 1. The summed E-state index contributed by atoms with van der Waals surface area (Å²) in [6, 6.07) is 7.65. The van der Waals surface area contributed by atoms with Gasteiger partial charge in [-0.15, -0.1) is 0 Å². The van der Waals surface area contributed by atoms with Crippen molar-refractivity contribution in [1.82, 2.24) is 19.9 Å². The lowest BCUT2D eigenvalue weighted by atomic mass is 10.2. The number of nitrogens with one attached hydrogen (secondary N) is 2. The topological polar surface area (TPSA) is 110 Å². The van der Waals surface area contributed by atoms with Crippen LogP contribution in [-0.4, -0.2) is 31.6 Å². The molecule has 0 aliphatic heterocycles. The third-order valence-electron chi connectivity index (χ3n) is 2.94. The highest BCUT2D eigenvalue weighted by atomic mass is 32.2. The highest BCUT2D eigenvalue weighted by molar-refractivity contribution is 7.99. The van der Waals surface area contributed by atoms with E-state index in [1.807, 2.05) is 31.2 Å². The Morgan fingerprint density at radius 3 is 3.05 bits per heavy atom. The molecule has 112 valence electrons. The standard InChI is InChI=1S/C14H14N6OS/c1-8-3-2-4-9(5-8)18-10(21)6-22-14-19-11-12(15)16-7-17-13(11)20-14/h2-5,7H,6H2,1H3,(H,18,21)(H3,15,16,17,19,20). The fourth-order valence-corrected chi connectivity index (χ4v) is 2.61. The number of aromatic amines is 1. The molecule has 0 bridgehead atoms. The molecule has 22 heavy (non-hydrogen) atoms. The van der Waals surface area contributed by atoms with E-state index in [1.165, 1.54) is 18.1 Å². The van der Waals surface area contributed by atoms with Crippen molar-refractivity contribution in [2.24, 2.45) is 0 Å². The third-order valence-corrected chi connectivity index (χ3v) is 3.81. The Morgan fingerprint density at radius 1 is 1.41 bits per heavy atom. The molecule has 0 saturated carbocycles. The Bertz CT molecular complexity index is 831. The van der Waals surface area contributed by atoms with Crippen molar-refractivity contribution in [3.8, 4) is 0 Å². The van der Waals surface area contributed by atoms with Gasteiger partial charge in [-0.1, -0.05) is 23.9 Å². The first-order valence-corrected chi connectivity index (χ1v) is 7.56. The second-order valence-electron chi connectivity index (χ2n) is 4.71. The quantitative estimate of drug-likeness (QED) is 0.635. The largest absolute Gasteiger partial charge is 0.382 e. The van der Waals surface area contributed by atoms with Crippen LogP contribution in [0.5, 0.6) is 0 Å². The lowest BCUT2D eigenvalue weighted by Gasteiger charge is -2.04. The second-order valence-corrected chi connectivity index (χ2v) is 5.67. The molecule has 1 amide bonds. The number of amides is 1. The number of hydrogen-bond donors (Lipinski definition) is 3. The molecule has 3 rings (SSSR count). The zero-order chi connectivity index (χ0) is 15.5. The summed E-state index contributed by atoms with van der Waals surface area (Å²) in [5.41, 5.74) is 8.69. The van der Waals surface area contributed by atoms with Crippen LogP contribution in [0.3, 0.4) is 0 Å². The van der Waals surface area contributed by atoms with Crippen molar-refractivity contribution >= 4 is 40.3 Å². The maximum atomic E-state index is 12.0. The van der Waals surface area contributed by atoms with Gasteiger partial charge in [0.2, 0.25) is 5.91 Å². The monoisotopic (exact) mass is 314 g/mol. The molecular weight excluding hydrogens is 300 g/mol.